The van der Waals surface area contributed by atoms with Crippen LogP contribution in [0, 0.1) is 0 Å². The normalized spacial score (nSPS) is 10.7. The van der Waals surface area contributed by atoms with Crippen molar-refractivity contribution in [3.63, 3.8) is 0 Å². The summed E-state index contributed by atoms with van der Waals surface area (Å²) in [6.07, 6.45) is 0. The summed E-state index contributed by atoms with van der Waals surface area (Å²) < 4.78 is 11.8. The molecule has 0 bridgehead atoms. The van der Waals surface area contributed by atoms with E-state index in [1.165, 1.54) is 18.9 Å². The van der Waals surface area contributed by atoms with E-state index in [1.807, 2.05) is 42.5 Å². The molecule has 0 aliphatic heterocycles. The van der Waals surface area contributed by atoms with Crippen LogP contribution in [0.15, 0.2) is 66.7 Å². The standard InChI is InChI=1S/C23H20N2O3S/c1-27-18-7-5-8-19(28-2)21(18)22(26)24-14-15-10-12-16(13-11-15)23-25-17-6-3-4-9-20(17)29-23/h3-13H,14H2,1-2H3,(H,24,26). The summed E-state index contributed by atoms with van der Waals surface area (Å²) in [7, 11) is 3.07. The van der Waals surface area contributed by atoms with E-state index in [-0.39, 0.29) is 5.91 Å². The molecule has 1 aromatic heterocycles. The average molecular weight is 404 g/mol. The van der Waals surface area contributed by atoms with Gasteiger partial charge in [-0.3, -0.25) is 4.79 Å². The summed E-state index contributed by atoms with van der Waals surface area (Å²) in [5.74, 6) is 0.718. The van der Waals surface area contributed by atoms with Gasteiger partial charge < -0.3 is 14.8 Å². The first-order chi connectivity index (χ1) is 14.2. The van der Waals surface area contributed by atoms with Gasteiger partial charge in [0.15, 0.2) is 0 Å². The molecule has 4 aromatic rings. The topological polar surface area (TPSA) is 60.5 Å². The van der Waals surface area contributed by atoms with Gasteiger partial charge in [0.05, 0.1) is 24.4 Å². The number of fused-ring (bicyclic) bond motifs is 1. The number of rotatable bonds is 6. The Hall–Kier alpha value is -3.38. The Bertz CT molecular complexity index is 1100. The first-order valence-corrected chi connectivity index (χ1v) is 9.95. The summed E-state index contributed by atoms with van der Waals surface area (Å²) in [6.45, 7) is 0.403. The molecule has 0 aliphatic rings. The third-order valence-electron chi connectivity index (χ3n) is 4.60. The van der Waals surface area contributed by atoms with Crippen LogP contribution >= 0.6 is 11.3 Å². The molecule has 0 saturated carbocycles. The number of para-hydroxylation sites is 1. The molecule has 0 spiro atoms. The van der Waals surface area contributed by atoms with Gasteiger partial charge in [0.1, 0.15) is 22.1 Å². The van der Waals surface area contributed by atoms with Gasteiger partial charge in [-0.2, -0.15) is 0 Å². The van der Waals surface area contributed by atoms with Crippen LogP contribution < -0.4 is 14.8 Å². The third-order valence-corrected chi connectivity index (χ3v) is 5.69. The number of nitrogens with one attached hydrogen (secondary N) is 1. The van der Waals surface area contributed by atoms with Crippen molar-refractivity contribution in [2.75, 3.05) is 14.2 Å². The Labute approximate surface area is 172 Å². The van der Waals surface area contributed by atoms with Crippen LogP contribution in [-0.4, -0.2) is 25.1 Å². The number of ether oxygens (including phenoxy) is 2. The molecule has 1 heterocycles. The maximum absolute atomic E-state index is 12.7. The number of carbonyl (C=O) groups is 1. The Balaban J connectivity index is 1.48. The maximum atomic E-state index is 12.7. The SMILES string of the molecule is COc1cccc(OC)c1C(=O)NCc1ccc(-c2nc3ccccc3s2)cc1. The second-order valence-corrected chi connectivity index (χ2v) is 7.43. The number of hydrogen-bond donors (Lipinski definition) is 1. The lowest BCUT2D eigenvalue weighted by atomic mass is 10.1. The fourth-order valence-corrected chi connectivity index (χ4v) is 4.08. The molecule has 6 heteroatoms. The van der Waals surface area contributed by atoms with E-state index in [2.05, 4.69) is 16.4 Å². The Morgan fingerprint density at radius 1 is 0.931 bits per heavy atom. The number of benzene rings is 3. The lowest BCUT2D eigenvalue weighted by molar-refractivity contribution is 0.0944. The molecule has 5 nitrogen and oxygen atoms in total. The van der Waals surface area contributed by atoms with Crippen LogP contribution in [0.2, 0.25) is 0 Å². The Kier molecular flexibility index (Phi) is 5.44. The number of hydrogen-bond acceptors (Lipinski definition) is 5. The molecular weight excluding hydrogens is 384 g/mol. The predicted molar refractivity (Wildman–Crippen MR) is 116 cm³/mol. The summed E-state index contributed by atoms with van der Waals surface area (Å²) in [5, 5.41) is 3.92. The lowest BCUT2D eigenvalue weighted by Gasteiger charge is -2.13. The van der Waals surface area contributed by atoms with E-state index in [9.17, 15) is 4.79 Å². The van der Waals surface area contributed by atoms with Crippen LogP contribution in [-0.2, 0) is 6.54 Å². The van der Waals surface area contributed by atoms with E-state index in [0.29, 0.717) is 23.6 Å². The van der Waals surface area contributed by atoms with E-state index in [1.54, 1.807) is 29.5 Å². The fraction of sp³-hybridized carbons (Fsp3) is 0.130. The minimum atomic E-state index is -0.241. The summed E-state index contributed by atoms with van der Waals surface area (Å²) in [5.41, 5.74) is 3.46. The number of thiazole rings is 1. The van der Waals surface area contributed by atoms with Crippen LogP contribution in [0.3, 0.4) is 0 Å². The molecule has 0 atom stereocenters. The smallest absolute Gasteiger partial charge is 0.259 e. The quantitative estimate of drug-likeness (QED) is 0.496. The van der Waals surface area contributed by atoms with Crippen molar-refractivity contribution >= 4 is 27.5 Å². The van der Waals surface area contributed by atoms with Crippen LogP contribution in [0.5, 0.6) is 11.5 Å². The molecule has 0 aliphatic carbocycles. The van der Waals surface area contributed by atoms with Gasteiger partial charge in [0.2, 0.25) is 0 Å². The zero-order valence-electron chi connectivity index (χ0n) is 16.1. The second kappa shape index (κ2) is 8.32. The summed E-state index contributed by atoms with van der Waals surface area (Å²) in [6, 6.07) is 21.4. The van der Waals surface area contributed by atoms with Crippen molar-refractivity contribution in [1.82, 2.24) is 10.3 Å². The van der Waals surface area contributed by atoms with Crippen molar-refractivity contribution in [2.45, 2.75) is 6.54 Å². The molecular formula is C23H20N2O3S. The molecule has 1 N–H and O–H groups in total. The molecule has 29 heavy (non-hydrogen) atoms. The van der Waals surface area contributed by atoms with Gasteiger partial charge >= 0.3 is 0 Å². The molecule has 0 fully saturated rings. The maximum Gasteiger partial charge on any atom is 0.259 e. The van der Waals surface area contributed by atoms with Crippen molar-refractivity contribution < 1.29 is 14.3 Å². The highest BCUT2D eigenvalue weighted by Crippen LogP contribution is 2.30. The molecule has 0 saturated heterocycles. The Morgan fingerprint density at radius 2 is 1.62 bits per heavy atom. The van der Waals surface area contributed by atoms with Crippen molar-refractivity contribution in [3.05, 3.63) is 77.9 Å². The van der Waals surface area contributed by atoms with Gasteiger partial charge in [0, 0.05) is 12.1 Å². The number of nitrogens with zero attached hydrogens (tertiary/aromatic N) is 1. The van der Waals surface area contributed by atoms with Crippen molar-refractivity contribution in [1.29, 1.82) is 0 Å². The van der Waals surface area contributed by atoms with Gasteiger partial charge in [-0.25, -0.2) is 4.98 Å². The van der Waals surface area contributed by atoms with E-state index in [4.69, 9.17) is 9.47 Å². The molecule has 0 unspecified atom stereocenters. The Morgan fingerprint density at radius 3 is 2.28 bits per heavy atom. The minimum absolute atomic E-state index is 0.241. The van der Waals surface area contributed by atoms with Crippen LogP contribution in [0.4, 0.5) is 0 Å². The van der Waals surface area contributed by atoms with Gasteiger partial charge in [0.25, 0.3) is 5.91 Å². The number of carbonyl (C=O) groups excluding carboxylic acids is 1. The first-order valence-electron chi connectivity index (χ1n) is 9.13. The highest BCUT2D eigenvalue weighted by Gasteiger charge is 2.17. The van der Waals surface area contributed by atoms with Crippen LogP contribution in [0.1, 0.15) is 15.9 Å². The molecule has 0 radical (unpaired) electrons. The molecule has 1 amide bonds. The third kappa shape index (κ3) is 3.93. The average Bonchev–Trinajstić information content (AvgIpc) is 3.21. The molecule has 3 aromatic carbocycles. The van der Waals surface area contributed by atoms with Crippen molar-refractivity contribution in [2.24, 2.45) is 0 Å². The number of aromatic nitrogens is 1. The predicted octanol–water partition coefficient (Wildman–Crippen LogP) is 4.91. The monoisotopic (exact) mass is 404 g/mol. The number of amides is 1. The van der Waals surface area contributed by atoms with Crippen LogP contribution in [0.25, 0.3) is 20.8 Å². The second-order valence-electron chi connectivity index (χ2n) is 6.40. The highest BCUT2D eigenvalue weighted by molar-refractivity contribution is 7.21. The van der Waals surface area contributed by atoms with E-state index in [0.717, 1.165) is 21.7 Å². The van der Waals surface area contributed by atoms with E-state index >= 15 is 0 Å². The first kappa shape index (κ1) is 19.0. The number of methoxy groups -OCH3 is 2. The lowest BCUT2D eigenvalue weighted by Crippen LogP contribution is -2.24. The van der Waals surface area contributed by atoms with Gasteiger partial charge in [-0.15, -0.1) is 11.3 Å². The van der Waals surface area contributed by atoms with Gasteiger partial charge in [-0.1, -0.05) is 42.5 Å². The van der Waals surface area contributed by atoms with Gasteiger partial charge in [-0.05, 0) is 29.8 Å². The summed E-state index contributed by atoms with van der Waals surface area (Å²) in [4.78, 5) is 17.4. The molecule has 146 valence electrons. The fourth-order valence-electron chi connectivity index (χ4n) is 3.11. The highest BCUT2D eigenvalue weighted by atomic mass is 32.1. The summed E-state index contributed by atoms with van der Waals surface area (Å²) >= 11 is 1.67. The molecule has 4 rings (SSSR count). The largest absolute Gasteiger partial charge is 0.496 e. The zero-order chi connectivity index (χ0) is 20.2. The van der Waals surface area contributed by atoms with Crippen molar-refractivity contribution in [3.8, 4) is 22.1 Å². The minimum Gasteiger partial charge on any atom is -0.496 e. The van der Waals surface area contributed by atoms with E-state index < -0.39 is 0 Å². The zero-order valence-corrected chi connectivity index (χ0v) is 17.0.